The molecule has 3 aromatic rings. The molecule has 3 rings (SSSR count). The van der Waals surface area contributed by atoms with Crippen LogP contribution in [0.5, 0.6) is 5.75 Å². The minimum atomic E-state index is -0.652. The first-order chi connectivity index (χ1) is 9.31. The number of hydrogen-bond donors (Lipinski definition) is 1. The average molecular weight is 270 g/mol. The van der Waals surface area contributed by atoms with E-state index in [0.29, 0.717) is 0 Å². The molecule has 2 aromatic carbocycles. The van der Waals surface area contributed by atoms with Gasteiger partial charge in [-0.25, -0.2) is 0 Å². The van der Waals surface area contributed by atoms with Gasteiger partial charge in [0.25, 0.3) is 0 Å². The molecule has 1 N–H and O–H groups in total. The molecule has 19 heavy (non-hydrogen) atoms. The molecule has 0 amide bonds. The highest BCUT2D eigenvalue weighted by Gasteiger charge is 2.19. The van der Waals surface area contributed by atoms with Gasteiger partial charge >= 0.3 is 0 Å². The van der Waals surface area contributed by atoms with Crippen LogP contribution in [0.2, 0.25) is 0 Å². The predicted molar refractivity (Wildman–Crippen MR) is 78.9 cm³/mol. The smallest absolute Gasteiger partial charge is 0.125 e. The lowest BCUT2D eigenvalue weighted by Gasteiger charge is -2.16. The Balaban J connectivity index is 2.25. The van der Waals surface area contributed by atoms with Crippen molar-refractivity contribution in [2.45, 2.75) is 6.10 Å². The van der Waals surface area contributed by atoms with Gasteiger partial charge in [0, 0.05) is 10.4 Å². The Morgan fingerprint density at radius 3 is 2.63 bits per heavy atom. The van der Waals surface area contributed by atoms with Crippen molar-refractivity contribution in [2.24, 2.45) is 0 Å². The normalized spacial score (nSPS) is 12.5. The van der Waals surface area contributed by atoms with Crippen LogP contribution in [-0.4, -0.2) is 12.2 Å². The van der Waals surface area contributed by atoms with Crippen LogP contribution in [0.4, 0.5) is 0 Å². The highest BCUT2D eigenvalue weighted by molar-refractivity contribution is 7.10. The Kier molecular flexibility index (Phi) is 3.23. The van der Waals surface area contributed by atoms with Gasteiger partial charge in [0.1, 0.15) is 11.9 Å². The van der Waals surface area contributed by atoms with Gasteiger partial charge in [-0.3, -0.25) is 0 Å². The van der Waals surface area contributed by atoms with Crippen molar-refractivity contribution in [1.82, 2.24) is 0 Å². The van der Waals surface area contributed by atoms with E-state index in [9.17, 15) is 5.11 Å². The van der Waals surface area contributed by atoms with Crippen LogP contribution in [0.3, 0.4) is 0 Å². The third-order valence-corrected chi connectivity index (χ3v) is 4.16. The molecule has 0 aliphatic rings. The monoisotopic (exact) mass is 270 g/mol. The van der Waals surface area contributed by atoms with E-state index in [1.165, 1.54) is 0 Å². The molecule has 96 valence electrons. The van der Waals surface area contributed by atoms with Crippen molar-refractivity contribution in [2.75, 3.05) is 7.11 Å². The van der Waals surface area contributed by atoms with Gasteiger partial charge in [-0.15, -0.1) is 11.3 Å². The second kappa shape index (κ2) is 5.03. The minimum absolute atomic E-state index is 0.652. The molecule has 0 unspecified atom stereocenters. The summed E-state index contributed by atoms with van der Waals surface area (Å²) >= 11 is 1.55. The van der Waals surface area contributed by atoms with E-state index in [2.05, 4.69) is 0 Å². The van der Waals surface area contributed by atoms with E-state index in [0.717, 1.165) is 27.0 Å². The molecule has 1 heterocycles. The molecule has 3 heteroatoms. The summed E-state index contributed by atoms with van der Waals surface area (Å²) in [6.45, 7) is 0. The Labute approximate surface area is 115 Å². The van der Waals surface area contributed by atoms with Crippen molar-refractivity contribution in [3.05, 3.63) is 64.4 Å². The summed E-state index contributed by atoms with van der Waals surface area (Å²) in [7, 11) is 1.63. The lowest BCUT2D eigenvalue weighted by atomic mass is 9.98. The van der Waals surface area contributed by atoms with E-state index in [4.69, 9.17) is 4.74 Å². The molecule has 0 radical (unpaired) electrons. The zero-order chi connectivity index (χ0) is 13.2. The van der Waals surface area contributed by atoms with Gasteiger partial charge < -0.3 is 9.84 Å². The average Bonchev–Trinajstić information content (AvgIpc) is 2.99. The van der Waals surface area contributed by atoms with E-state index >= 15 is 0 Å². The van der Waals surface area contributed by atoms with Crippen LogP contribution in [0.25, 0.3) is 10.8 Å². The number of rotatable bonds is 3. The predicted octanol–water partition coefficient (Wildman–Crippen LogP) is 3.99. The van der Waals surface area contributed by atoms with Gasteiger partial charge in [0.2, 0.25) is 0 Å². The Morgan fingerprint density at radius 2 is 1.89 bits per heavy atom. The summed E-state index contributed by atoms with van der Waals surface area (Å²) in [5.74, 6) is 0.722. The molecule has 1 aromatic heterocycles. The number of ether oxygens (including phenoxy) is 1. The summed E-state index contributed by atoms with van der Waals surface area (Å²) in [6.07, 6.45) is -0.652. The maximum atomic E-state index is 10.6. The van der Waals surface area contributed by atoms with Crippen LogP contribution >= 0.6 is 11.3 Å². The van der Waals surface area contributed by atoms with Gasteiger partial charge in [-0.1, -0.05) is 36.4 Å². The maximum Gasteiger partial charge on any atom is 0.125 e. The van der Waals surface area contributed by atoms with Crippen molar-refractivity contribution in [1.29, 1.82) is 0 Å². The fraction of sp³-hybridized carbons (Fsp3) is 0.125. The van der Waals surface area contributed by atoms with E-state index in [1.807, 2.05) is 53.9 Å². The molecule has 0 saturated heterocycles. The molecule has 0 bridgehead atoms. The van der Waals surface area contributed by atoms with Crippen LogP contribution < -0.4 is 4.74 Å². The van der Waals surface area contributed by atoms with E-state index in [-0.39, 0.29) is 0 Å². The van der Waals surface area contributed by atoms with E-state index in [1.54, 1.807) is 18.4 Å². The lowest BCUT2D eigenvalue weighted by molar-refractivity contribution is 0.220. The van der Waals surface area contributed by atoms with Gasteiger partial charge in [-0.05, 0) is 28.3 Å². The quantitative estimate of drug-likeness (QED) is 0.779. The number of methoxy groups -OCH3 is 1. The van der Waals surface area contributed by atoms with Crippen molar-refractivity contribution in [3.8, 4) is 5.75 Å². The van der Waals surface area contributed by atoms with Crippen molar-refractivity contribution < 1.29 is 9.84 Å². The third-order valence-electron chi connectivity index (χ3n) is 3.24. The molecular weight excluding hydrogens is 256 g/mol. The van der Waals surface area contributed by atoms with Gasteiger partial charge in [0.05, 0.1) is 7.11 Å². The largest absolute Gasteiger partial charge is 0.496 e. The number of fused-ring (bicyclic) bond motifs is 1. The first-order valence-electron chi connectivity index (χ1n) is 6.08. The highest BCUT2D eigenvalue weighted by Crippen LogP contribution is 2.37. The fourth-order valence-corrected chi connectivity index (χ4v) is 3.04. The summed E-state index contributed by atoms with van der Waals surface area (Å²) in [4.78, 5) is 0.926. The molecule has 0 aliphatic heterocycles. The SMILES string of the molecule is COc1ccc2ccccc2c1[C@H](O)c1cccs1. The van der Waals surface area contributed by atoms with Crippen LogP contribution in [-0.2, 0) is 0 Å². The second-order valence-electron chi connectivity index (χ2n) is 4.32. The van der Waals surface area contributed by atoms with Gasteiger partial charge in [-0.2, -0.15) is 0 Å². The molecule has 0 aliphatic carbocycles. The van der Waals surface area contributed by atoms with Crippen molar-refractivity contribution in [3.63, 3.8) is 0 Å². The van der Waals surface area contributed by atoms with E-state index < -0.39 is 6.10 Å². The number of aliphatic hydroxyl groups is 1. The molecule has 2 nitrogen and oxygen atoms in total. The summed E-state index contributed by atoms with van der Waals surface area (Å²) in [5, 5.41) is 14.7. The zero-order valence-electron chi connectivity index (χ0n) is 10.5. The second-order valence-corrected chi connectivity index (χ2v) is 5.30. The fourth-order valence-electron chi connectivity index (χ4n) is 2.32. The maximum absolute atomic E-state index is 10.6. The summed E-state index contributed by atoms with van der Waals surface area (Å²) in [6, 6.07) is 15.8. The lowest BCUT2D eigenvalue weighted by Crippen LogP contribution is -2.01. The molecule has 0 saturated carbocycles. The standard InChI is InChI=1S/C16H14O2S/c1-18-13-9-8-11-5-2-3-6-12(11)15(13)16(17)14-7-4-10-19-14/h2-10,16-17H,1H3/t16-/m1/s1. The molecule has 0 spiro atoms. The van der Waals surface area contributed by atoms with Crippen molar-refractivity contribution >= 4 is 22.1 Å². The Hall–Kier alpha value is -1.84. The van der Waals surface area contributed by atoms with Crippen LogP contribution in [0.15, 0.2) is 53.9 Å². The molecule has 1 atom stereocenters. The number of benzene rings is 2. The third kappa shape index (κ3) is 2.11. The number of aliphatic hydroxyl groups excluding tert-OH is 1. The topological polar surface area (TPSA) is 29.5 Å². The van der Waals surface area contributed by atoms with Gasteiger partial charge in [0.15, 0.2) is 0 Å². The summed E-state index contributed by atoms with van der Waals surface area (Å²) < 4.78 is 5.42. The van der Waals surface area contributed by atoms with Crippen LogP contribution in [0.1, 0.15) is 16.5 Å². The zero-order valence-corrected chi connectivity index (χ0v) is 11.4. The number of hydrogen-bond acceptors (Lipinski definition) is 3. The Bertz CT molecular complexity index is 689. The molecular formula is C16H14O2S. The first kappa shape index (κ1) is 12.2. The summed E-state index contributed by atoms with van der Waals surface area (Å²) in [5.41, 5.74) is 0.836. The first-order valence-corrected chi connectivity index (χ1v) is 6.96. The molecule has 0 fully saturated rings. The number of thiophene rings is 1. The Morgan fingerprint density at radius 1 is 1.05 bits per heavy atom. The van der Waals surface area contributed by atoms with Crippen LogP contribution in [0, 0.1) is 0 Å². The minimum Gasteiger partial charge on any atom is -0.496 e. The highest BCUT2D eigenvalue weighted by atomic mass is 32.1.